The van der Waals surface area contributed by atoms with E-state index in [9.17, 15) is 5.11 Å². The van der Waals surface area contributed by atoms with Crippen LogP contribution < -0.4 is 5.32 Å². The lowest BCUT2D eigenvalue weighted by molar-refractivity contribution is 0.159. The Bertz CT molecular complexity index is 283. The summed E-state index contributed by atoms with van der Waals surface area (Å²) in [5.41, 5.74) is 1.32. The average molecular weight is 224 g/mol. The van der Waals surface area contributed by atoms with Crippen molar-refractivity contribution in [1.82, 2.24) is 9.88 Å². The Hall–Kier alpha value is -0.800. The third kappa shape index (κ3) is 4.81. The highest BCUT2D eigenvalue weighted by Crippen LogP contribution is 2.02. The van der Waals surface area contributed by atoms with E-state index in [1.807, 2.05) is 6.92 Å². The van der Waals surface area contributed by atoms with Gasteiger partial charge in [0.2, 0.25) is 0 Å². The van der Waals surface area contributed by atoms with Crippen LogP contribution in [0.4, 0.5) is 0 Å². The molecule has 0 amide bonds. The smallest absolute Gasteiger partial charge is 0.0549 e. The maximum atomic E-state index is 9.39. The Morgan fingerprint density at radius 1 is 1.44 bits per heavy atom. The molecule has 1 unspecified atom stereocenters. The van der Waals surface area contributed by atoms with Crippen molar-refractivity contribution in [3.05, 3.63) is 24.0 Å². The van der Waals surface area contributed by atoms with Crippen molar-refractivity contribution in [2.75, 3.05) is 6.54 Å². The minimum absolute atomic E-state index is 0.155. The van der Waals surface area contributed by atoms with E-state index >= 15 is 0 Å². The van der Waals surface area contributed by atoms with Gasteiger partial charge in [0.05, 0.1) is 6.10 Å². The van der Waals surface area contributed by atoms with Gasteiger partial charge in [-0.2, -0.15) is 0 Å². The maximum absolute atomic E-state index is 9.39. The summed E-state index contributed by atoms with van der Waals surface area (Å²) in [5.74, 6) is 0. The topological polar surface area (TPSA) is 37.2 Å². The molecule has 1 rings (SSSR count). The van der Waals surface area contributed by atoms with Crippen LogP contribution in [0.3, 0.4) is 0 Å². The number of nitrogens with one attached hydrogen (secondary N) is 1. The van der Waals surface area contributed by atoms with E-state index < -0.39 is 0 Å². The summed E-state index contributed by atoms with van der Waals surface area (Å²) in [6.45, 7) is 7.06. The largest absolute Gasteiger partial charge is 0.393 e. The van der Waals surface area contributed by atoms with Gasteiger partial charge in [-0.15, -0.1) is 0 Å². The molecule has 1 atom stereocenters. The summed E-state index contributed by atoms with van der Waals surface area (Å²) in [6.07, 6.45) is 7.01. The number of rotatable bonds is 8. The molecule has 0 aliphatic heterocycles. The molecule has 3 nitrogen and oxygen atoms in total. The van der Waals surface area contributed by atoms with Crippen molar-refractivity contribution in [3.63, 3.8) is 0 Å². The van der Waals surface area contributed by atoms with Crippen molar-refractivity contribution < 1.29 is 5.11 Å². The van der Waals surface area contributed by atoms with Gasteiger partial charge in [0, 0.05) is 25.5 Å². The first kappa shape index (κ1) is 13.3. The van der Waals surface area contributed by atoms with Crippen LogP contribution in [0, 0.1) is 0 Å². The van der Waals surface area contributed by atoms with Gasteiger partial charge in [-0.3, -0.25) is 0 Å². The zero-order chi connectivity index (χ0) is 11.8. The molecule has 1 aromatic rings. The molecule has 0 radical (unpaired) electrons. The van der Waals surface area contributed by atoms with Crippen LogP contribution in [-0.2, 0) is 13.1 Å². The maximum Gasteiger partial charge on any atom is 0.0549 e. The summed E-state index contributed by atoms with van der Waals surface area (Å²) in [4.78, 5) is 0. The van der Waals surface area contributed by atoms with Crippen molar-refractivity contribution >= 4 is 0 Å². The van der Waals surface area contributed by atoms with E-state index in [4.69, 9.17) is 0 Å². The van der Waals surface area contributed by atoms with Crippen LogP contribution in [-0.4, -0.2) is 22.3 Å². The van der Waals surface area contributed by atoms with Crippen LogP contribution in [0.15, 0.2) is 18.5 Å². The lowest BCUT2D eigenvalue weighted by atomic mass is 10.2. The minimum atomic E-state index is -0.155. The highest BCUT2D eigenvalue weighted by Gasteiger charge is 2.00. The number of aryl methyl sites for hydroxylation is 1. The van der Waals surface area contributed by atoms with E-state index in [2.05, 4.69) is 35.3 Å². The second-order valence-corrected chi connectivity index (χ2v) is 4.29. The molecule has 0 aromatic carbocycles. The fourth-order valence-corrected chi connectivity index (χ4v) is 1.70. The Balaban J connectivity index is 2.16. The van der Waals surface area contributed by atoms with E-state index in [-0.39, 0.29) is 6.10 Å². The highest BCUT2D eigenvalue weighted by atomic mass is 16.3. The molecule has 1 heterocycles. The van der Waals surface area contributed by atoms with E-state index in [1.165, 1.54) is 12.0 Å². The summed E-state index contributed by atoms with van der Waals surface area (Å²) in [7, 11) is 0. The van der Waals surface area contributed by atoms with Gasteiger partial charge in [0.15, 0.2) is 0 Å². The van der Waals surface area contributed by atoms with Gasteiger partial charge >= 0.3 is 0 Å². The lowest BCUT2D eigenvalue weighted by Gasteiger charge is -2.07. The second kappa shape index (κ2) is 7.47. The predicted molar refractivity (Wildman–Crippen MR) is 67.3 cm³/mol. The first-order valence-electron chi connectivity index (χ1n) is 6.29. The van der Waals surface area contributed by atoms with Crippen LogP contribution >= 0.6 is 0 Å². The first-order chi connectivity index (χ1) is 7.76. The van der Waals surface area contributed by atoms with Crippen LogP contribution in [0.2, 0.25) is 0 Å². The van der Waals surface area contributed by atoms with Crippen LogP contribution in [0.25, 0.3) is 0 Å². The fraction of sp³-hybridized carbons (Fsp3) is 0.692. The predicted octanol–water partition coefficient (Wildman–Crippen LogP) is 2.15. The number of aliphatic hydroxyl groups excluding tert-OH is 1. The van der Waals surface area contributed by atoms with Gasteiger partial charge in [-0.05, 0) is 37.4 Å². The lowest BCUT2D eigenvalue weighted by Crippen LogP contribution is -2.19. The standard InChI is InChI=1S/C13H24N2O/c1-3-8-15-9-6-12(11-15)10-14-7-5-13(16)4-2/h6,9,11,13-14,16H,3-5,7-8,10H2,1-2H3. The Labute approximate surface area is 98.5 Å². The molecule has 2 N–H and O–H groups in total. The van der Waals surface area contributed by atoms with Crippen molar-refractivity contribution in [3.8, 4) is 0 Å². The monoisotopic (exact) mass is 224 g/mol. The van der Waals surface area contributed by atoms with Crippen molar-refractivity contribution in [2.45, 2.75) is 52.3 Å². The highest BCUT2D eigenvalue weighted by molar-refractivity contribution is 5.09. The molecule has 0 saturated heterocycles. The Kier molecular flexibility index (Phi) is 6.19. The molecule has 0 saturated carbocycles. The molecular weight excluding hydrogens is 200 g/mol. The first-order valence-corrected chi connectivity index (χ1v) is 6.29. The normalized spacial score (nSPS) is 12.9. The van der Waals surface area contributed by atoms with Crippen molar-refractivity contribution in [2.24, 2.45) is 0 Å². The minimum Gasteiger partial charge on any atom is -0.393 e. The van der Waals surface area contributed by atoms with Crippen LogP contribution in [0.1, 0.15) is 38.7 Å². The number of aromatic nitrogens is 1. The number of nitrogens with zero attached hydrogens (tertiary/aromatic N) is 1. The van der Waals surface area contributed by atoms with Gasteiger partial charge in [-0.25, -0.2) is 0 Å². The molecule has 0 fully saturated rings. The Morgan fingerprint density at radius 2 is 2.25 bits per heavy atom. The zero-order valence-corrected chi connectivity index (χ0v) is 10.4. The van der Waals surface area contributed by atoms with Gasteiger partial charge in [0.1, 0.15) is 0 Å². The van der Waals surface area contributed by atoms with Crippen molar-refractivity contribution in [1.29, 1.82) is 0 Å². The van der Waals surface area contributed by atoms with E-state index in [0.29, 0.717) is 0 Å². The fourth-order valence-electron chi connectivity index (χ4n) is 1.70. The molecule has 3 heteroatoms. The summed E-state index contributed by atoms with van der Waals surface area (Å²) < 4.78 is 2.22. The molecule has 16 heavy (non-hydrogen) atoms. The summed E-state index contributed by atoms with van der Waals surface area (Å²) in [6, 6.07) is 2.15. The molecule has 92 valence electrons. The third-order valence-electron chi connectivity index (χ3n) is 2.75. The number of hydrogen-bond acceptors (Lipinski definition) is 2. The quantitative estimate of drug-likeness (QED) is 0.664. The van der Waals surface area contributed by atoms with Gasteiger partial charge in [-0.1, -0.05) is 13.8 Å². The number of aliphatic hydroxyl groups is 1. The van der Waals surface area contributed by atoms with Gasteiger partial charge < -0.3 is 15.0 Å². The third-order valence-corrected chi connectivity index (χ3v) is 2.75. The molecule has 1 aromatic heterocycles. The number of hydrogen-bond donors (Lipinski definition) is 2. The molecular formula is C13H24N2O. The van der Waals surface area contributed by atoms with E-state index in [0.717, 1.165) is 32.5 Å². The summed E-state index contributed by atoms with van der Waals surface area (Å²) >= 11 is 0. The van der Waals surface area contributed by atoms with Gasteiger partial charge in [0.25, 0.3) is 0 Å². The Morgan fingerprint density at radius 3 is 2.94 bits per heavy atom. The summed E-state index contributed by atoms with van der Waals surface area (Å²) in [5, 5.41) is 12.7. The molecule has 0 bridgehead atoms. The molecule has 0 spiro atoms. The molecule has 0 aliphatic carbocycles. The second-order valence-electron chi connectivity index (χ2n) is 4.29. The van der Waals surface area contributed by atoms with Crippen LogP contribution in [0.5, 0.6) is 0 Å². The molecule has 0 aliphatic rings. The zero-order valence-electron chi connectivity index (χ0n) is 10.4. The SMILES string of the molecule is CCCn1ccc(CNCCC(O)CC)c1. The average Bonchev–Trinajstić information content (AvgIpc) is 2.72. The van der Waals surface area contributed by atoms with E-state index in [1.54, 1.807) is 0 Å².